The van der Waals surface area contributed by atoms with Gasteiger partial charge in [0, 0.05) is 25.4 Å². The number of amides is 1. The number of rotatable bonds is 9. The van der Waals surface area contributed by atoms with Gasteiger partial charge in [-0.25, -0.2) is 23.3 Å². The number of carbonyl (C=O) groups excluding carboxylic acids is 1. The molecule has 2 aromatic carbocycles. The van der Waals surface area contributed by atoms with Crippen LogP contribution in [0.15, 0.2) is 47.5 Å². The molecular weight excluding hydrogens is 479 g/mol. The summed E-state index contributed by atoms with van der Waals surface area (Å²) < 4.78 is 38.1. The van der Waals surface area contributed by atoms with E-state index >= 15 is 0 Å². The van der Waals surface area contributed by atoms with Crippen molar-refractivity contribution >= 4 is 26.6 Å². The minimum Gasteiger partial charge on any atom is -0.302 e. The Labute approximate surface area is 201 Å². The fraction of sp³-hybridized carbons (Fsp3) is 0.348. The molecular formula is C23H27FN4O6S. The van der Waals surface area contributed by atoms with E-state index in [0.717, 1.165) is 6.26 Å². The van der Waals surface area contributed by atoms with Crippen molar-refractivity contribution in [3.05, 3.63) is 64.5 Å². The molecule has 0 fully saturated rings. The van der Waals surface area contributed by atoms with Crippen molar-refractivity contribution in [3.8, 4) is 11.1 Å². The molecule has 0 spiro atoms. The molecule has 0 saturated carbocycles. The van der Waals surface area contributed by atoms with Gasteiger partial charge >= 0.3 is 0 Å². The molecule has 0 aliphatic rings. The number of fused-ring (bicyclic) bond motifs is 1. The topological polar surface area (TPSA) is 131 Å². The number of nitrogens with one attached hydrogen (secondary N) is 1. The summed E-state index contributed by atoms with van der Waals surface area (Å²) >= 11 is 0. The first-order valence-electron chi connectivity index (χ1n) is 10.6. The van der Waals surface area contributed by atoms with Gasteiger partial charge in [0.15, 0.2) is 14.6 Å². The lowest BCUT2D eigenvalue weighted by Crippen LogP contribution is -2.50. The third-order valence-corrected chi connectivity index (χ3v) is 8.17. The molecule has 1 atom stereocenters. The number of benzene rings is 2. The fourth-order valence-electron chi connectivity index (χ4n) is 3.58. The standard InChI is InChI=1S/C23H27FN4O6S/c1-23(22(30)26-31,35(4,32)33)9-10-28-14-25-20-12-16(7-8-18(20)21(28)29)15-5-6-17(19(24)11-15)13-27(2)34-3/h5-8,11-12,14,31H,9-10,13H2,1-4H3,(H,26,30). The Bertz CT molecular complexity index is 1430. The summed E-state index contributed by atoms with van der Waals surface area (Å²) in [7, 11) is -0.710. The zero-order valence-corrected chi connectivity index (χ0v) is 20.6. The largest absolute Gasteiger partial charge is 0.302 e. The van der Waals surface area contributed by atoms with Crippen LogP contribution in [0.5, 0.6) is 0 Å². The quantitative estimate of drug-likeness (QED) is 0.332. The molecule has 0 aliphatic heterocycles. The first kappa shape index (κ1) is 26.4. The lowest BCUT2D eigenvalue weighted by molar-refractivity contribution is -0.131. The van der Waals surface area contributed by atoms with Crippen LogP contribution in [0.25, 0.3) is 22.0 Å². The Morgan fingerprint density at radius 1 is 1.26 bits per heavy atom. The molecule has 12 heteroatoms. The van der Waals surface area contributed by atoms with E-state index in [4.69, 9.17) is 10.0 Å². The summed E-state index contributed by atoms with van der Waals surface area (Å²) in [5.74, 6) is -1.48. The van der Waals surface area contributed by atoms with Gasteiger partial charge in [0.25, 0.3) is 11.5 Å². The second-order valence-corrected chi connectivity index (χ2v) is 10.9. The van der Waals surface area contributed by atoms with Crippen molar-refractivity contribution in [1.29, 1.82) is 0 Å². The fourth-order valence-corrected chi connectivity index (χ4v) is 4.42. The van der Waals surface area contributed by atoms with E-state index in [1.54, 1.807) is 37.4 Å². The van der Waals surface area contributed by atoms with E-state index in [9.17, 15) is 22.4 Å². The molecule has 1 unspecified atom stereocenters. The van der Waals surface area contributed by atoms with Crippen LogP contribution in [0, 0.1) is 5.82 Å². The second kappa shape index (κ2) is 10.2. The minimum atomic E-state index is -3.90. The maximum Gasteiger partial charge on any atom is 0.264 e. The molecule has 188 valence electrons. The molecule has 2 N–H and O–H groups in total. The number of aryl methyl sites for hydroxylation is 1. The van der Waals surface area contributed by atoms with Gasteiger partial charge in [0.1, 0.15) is 5.82 Å². The third-order valence-electron chi connectivity index (χ3n) is 6.15. The van der Waals surface area contributed by atoms with Crippen LogP contribution in [0.1, 0.15) is 18.9 Å². The van der Waals surface area contributed by atoms with Gasteiger partial charge in [-0.3, -0.25) is 19.4 Å². The smallest absolute Gasteiger partial charge is 0.264 e. The van der Waals surface area contributed by atoms with E-state index < -0.39 is 31.9 Å². The average molecular weight is 507 g/mol. The van der Waals surface area contributed by atoms with Crippen LogP contribution >= 0.6 is 0 Å². The highest BCUT2D eigenvalue weighted by Crippen LogP contribution is 2.25. The first-order chi connectivity index (χ1) is 16.4. The molecule has 35 heavy (non-hydrogen) atoms. The number of hydrogen-bond acceptors (Lipinski definition) is 8. The summed E-state index contributed by atoms with van der Waals surface area (Å²) in [6, 6.07) is 9.73. The Balaban J connectivity index is 1.90. The van der Waals surface area contributed by atoms with Crippen LogP contribution < -0.4 is 11.0 Å². The highest BCUT2D eigenvalue weighted by Gasteiger charge is 2.43. The van der Waals surface area contributed by atoms with Gasteiger partial charge in [0.05, 0.1) is 30.9 Å². The maximum atomic E-state index is 14.6. The molecule has 3 aromatic rings. The second-order valence-electron chi connectivity index (χ2n) is 8.44. The summed E-state index contributed by atoms with van der Waals surface area (Å²) in [6.45, 7) is 1.33. The van der Waals surface area contributed by atoms with E-state index in [-0.39, 0.29) is 24.9 Å². The predicted molar refractivity (Wildman–Crippen MR) is 128 cm³/mol. The van der Waals surface area contributed by atoms with Crippen molar-refractivity contribution in [3.63, 3.8) is 0 Å². The molecule has 3 rings (SSSR count). The molecule has 0 radical (unpaired) electrons. The van der Waals surface area contributed by atoms with Crippen molar-refractivity contribution in [2.75, 3.05) is 20.4 Å². The van der Waals surface area contributed by atoms with Crippen LogP contribution in [0.2, 0.25) is 0 Å². The predicted octanol–water partition coefficient (Wildman–Crippen LogP) is 1.89. The van der Waals surface area contributed by atoms with Gasteiger partial charge in [-0.05, 0) is 42.7 Å². The van der Waals surface area contributed by atoms with Crippen molar-refractivity contribution in [1.82, 2.24) is 20.1 Å². The summed E-state index contributed by atoms with van der Waals surface area (Å²) in [5, 5.41) is 10.7. The van der Waals surface area contributed by atoms with Crippen molar-refractivity contribution in [2.45, 2.75) is 31.2 Å². The number of halogens is 1. The first-order valence-corrected chi connectivity index (χ1v) is 12.5. The lowest BCUT2D eigenvalue weighted by atomic mass is 10.0. The third kappa shape index (κ3) is 5.40. The molecule has 1 amide bonds. The van der Waals surface area contributed by atoms with Crippen molar-refractivity contribution in [2.24, 2.45) is 0 Å². The Morgan fingerprint density at radius 3 is 2.51 bits per heavy atom. The van der Waals surface area contributed by atoms with Crippen LogP contribution in [0.3, 0.4) is 0 Å². The zero-order chi connectivity index (χ0) is 26.0. The molecule has 1 heterocycles. The molecule has 10 nitrogen and oxygen atoms in total. The number of aromatic nitrogens is 2. The number of hydrogen-bond donors (Lipinski definition) is 2. The highest BCUT2D eigenvalue weighted by atomic mass is 32.2. The SMILES string of the molecule is CON(C)Cc1ccc(-c2ccc3c(=O)n(CCC(C)(C(=O)NO)S(C)(=O)=O)cnc3c2)cc1F. The summed E-state index contributed by atoms with van der Waals surface area (Å²) in [6.07, 6.45) is 1.89. The minimum absolute atomic E-state index is 0.122. The number of nitrogens with zero attached hydrogens (tertiary/aromatic N) is 3. The van der Waals surface area contributed by atoms with Gasteiger partial charge in [-0.2, -0.15) is 5.06 Å². The Morgan fingerprint density at radius 2 is 1.91 bits per heavy atom. The monoisotopic (exact) mass is 506 g/mol. The highest BCUT2D eigenvalue weighted by molar-refractivity contribution is 7.92. The van der Waals surface area contributed by atoms with E-state index in [1.165, 1.54) is 41.5 Å². The molecule has 0 saturated heterocycles. The normalized spacial score (nSPS) is 13.7. The average Bonchev–Trinajstić information content (AvgIpc) is 2.83. The zero-order valence-electron chi connectivity index (χ0n) is 19.8. The van der Waals surface area contributed by atoms with Gasteiger partial charge < -0.3 is 4.84 Å². The van der Waals surface area contributed by atoms with Crippen molar-refractivity contribution < 1.29 is 27.6 Å². The summed E-state index contributed by atoms with van der Waals surface area (Å²) in [5.41, 5.74) is 3.07. The summed E-state index contributed by atoms with van der Waals surface area (Å²) in [4.78, 5) is 34.3. The number of hydroxylamine groups is 3. The Kier molecular flexibility index (Phi) is 7.70. The Hall–Kier alpha value is -3.19. The van der Waals surface area contributed by atoms with E-state index in [0.29, 0.717) is 22.2 Å². The lowest BCUT2D eigenvalue weighted by Gasteiger charge is -2.25. The van der Waals surface area contributed by atoms with Gasteiger partial charge in [-0.1, -0.05) is 18.2 Å². The van der Waals surface area contributed by atoms with E-state index in [2.05, 4.69) is 4.98 Å². The van der Waals surface area contributed by atoms with Gasteiger partial charge in [0.2, 0.25) is 0 Å². The van der Waals surface area contributed by atoms with Crippen LogP contribution in [-0.2, 0) is 32.6 Å². The van der Waals surface area contributed by atoms with Crippen LogP contribution in [-0.4, -0.2) is 59.3 Å². The number of sulfone groups is 1. The van der Waals surface area contributed by atoms with E-state index in [1.807, 2.05) is 0 Å². The molecule has 0 bridgehead atoms. The number of carbonyl (C=O) groups is 1. The molecule has 1 aromatic heterocycles. The van der Waals surface area contributed by atoms with Gasteiger partial charge in [-0.15, -0.1) is 0 Å². The maximum absolute atomic E-state index is 14.6. The molecule has 0 aliphatic carbocycles. The van der Waals surface area contributed by atoms with Crippen LogP contribution in [0.4, 0.5) is 4.39 Å².